The van der Waals surface area contributed by atoms with Crippen LogP contribution in [0.3, 0.4) is 0 Å². The molecule has 8 heteroatoms. The maximum Gasteiger partial charge on any atom is 0.234 e. The fourth-order valence-corrected chi connectivity index (χ4v) is 3.96. The number of benzene rings is 2. The van der Waals surface area contributed by atoms with Gasteiger partial charge in [0.2, 0.25) is 5.91 Å². The van der Waals surface area contributed by atoms with Crippen LogP contribution in [-0.2, 0) is 11.8 Å². The van der Waals surface area contributed by atoms with Crippen molar-refractivity contribution in [2.75, 3.05) is 29.1 Å². The van der Waals surface area contributed by atoms with Crippen LogP contribution in [0.15, 0.2) is 53.7 Å². The van der Waals surface area contributed by atoms with E-state index in [2.05, 4.69) is 46.4 Å². The van der Waals surface area contributed by atoms with Gasteiger partial charge in [-0.2, -0.15) is 0 Å². The number of thioether (sulfide) groups is 1. The number of anilines is 2. The molecule has 2 aromatic carbocycles. The summed E-state index contributed by atoms with van der Waals surface area (Å²) in [5, 5.41) is 12.0. The standard InChI is InChI=1S/C23H27N5O2S/c1-5-28(6-2)20-12-10-17(11-13-20)22-25-26-23(27(22)4)31-15-21(30)24-19-9-7-8-18(14-19)16(3)29/h7-14H,5-6,15H2,1-4H3,(H,24,30). The molecule has 3 aromatic rings. The molecule has 0 unspecified atom stereocenters. The lowest BCUT2D eigenvalue weighted by Gasteiger charge is -2.21. The zero-order valence-electron chi connectivity index (χ0n) is 18.3. The van der Waals surface area contributed by atoms with E-state index in [1.165, 1.54) is 24.4 Å². The van der Waals surface area contributed by atoms with Gasteiger partial charge in [0.25, 0.3) is 0 Å². The molecule has 162 valence electrons. The molecule has 31 heavy (non-hydrogen) atoms. The normalized spacial score (nSPS) is 10.7. The molecule has 3 rings (SSSR count). The summed E-state index contributed by atoms with van der Waals surface area (Å²) in [4.78, 5) is 26.1. The molecule has 0 spiro atoms. The molecule has 0 radical (unpaired) electrons. The van der Waals surface area contributed by atoms with Crippen LogP contribution in [0.4, 0.5) is 11.4 Å². The summed E-state index contributed by atoms with van der Waals surface area (Å²) in [5.41, 5.74) is 3.32. The van der Waals surface area contributed by atoms with Crippen molar-refractivity contribution in [2.24, 2.45) is 7.05 Å². The van der Waals surface area contributed by atoms with Crippen molar-refractivity contribution < 1.29 is 9.59 Å². The lowest BCUT2D eigenvalue weighted by atomic mass is 10.1. The molecule has 0 aliphatic carbocycles. The lowest BCUT2D eigenvalue weighted by molar-refractivity contribution is -0.113. The van der Waals surface area contributed by atoms with Crippen LogP contribution in [0.5, 0.6) is 0 Å². The third-order valence-corrected chi connectivity index (χ3v) is 5.99. The highest BCUT2D eigenvalue weighted by Crippen LogP contribution is 2.25. The Labute approximate surface area is 186 Å². The van der Waals surface area contributed by atoms with Gasteiger partial charge in [0, 0.05) is 42.6 Å². The summed E-state index contributed by atoms with van der Waals surface area (Å²) >= 11 is 1.32. The summed E-state index contributed by atoms with van der Waals surface area (Å²) < 4.78 is 1.89. The SMILES string of the molecule is CCN(CC)c1ccc(-c2nnc(SCC(=O)Nc3cccc(C(C)=O)c3)n2C)cc1. The van der Waals surface area contributed by atoms with Gasteiger partial charge in [-0.15, -0.1) is 10.2 Å². The lowest BCUT2D eigenvalue weighted by Crippen LogP contribution is -2.21. The van der Waals surface area contributed by atoms with Crippen molar-refractivity contribution >= 4 is 34.8 Å². The van der Waals surface area contributed by atoms with Crippen molar-refractivity contribution in [3.8, 4) is 11.4 Å². The summed E-state index contributed by atoms with van der Waals surface area (Å²) in [5.74, 6) is 0.737. The number of nitrogens with zero attached hydrogens (tertiary/aromatic N) is 4. The molecular weight excluding hydrogens is 410 g/mol. The first-order chi connectivity index (χ1) is 14.9. The monoisotopic (exact) mass is 437 g/mol. The molecule has 0 bridgehead atoms. The number of carbonyl (C=O) groups is 2. The molecule has 1 N–H and O–H groups in total. The van der Waals surface area contributed by atoms with E-state index in [0.29, 0.717) is 16.4 Å². The Bertz CT molecular complexity index is 1060. The van der Waals surface area contributed by atoms with Gasteiger partial charge in [-0.1, -0.05) is 23.9 Å². The van der Waals surface area contributed by atoms with E-state index in [4.69, 9.17) is 0 Å². The first-order valence-corrected chi connectivity index (χ1v) is 11.2. The minimum absolute atomic E-state index is 0.0396. The highest BCUT2D eigenvalue weighted by atomic mass is 32.2. The maximum atomic E-state index is 12.3. The number of aromatic nitrogens is 3. The van der Waals surface area contributed by atoms with Crippen LogP contribution < -0.4 is 10.2 Å². The van der Waals surface area contributed by atoms with Crippen molar-refractivity contribution in [1.29, 1.82) is 0 Å². The van der Waals surface area contributed by atoms with Gasteiger partial charge in [-0.3, -0.25) is 9.59 Å². The third kappa shape index (κ3) is 5.52. The second-order valence-corrected chi connectivity index (χ2v) is 8.00. The molecule has 0 atom stereocenters. The highest BCUT2D eigenvalue weighted by Gasteiger charge is 2.14. The Balaban J connectivity index is 1.63. The molecule has 7 nitrogen and oxygen atoms in total. The number of hydrogen-bond acceptors (Lipinski definition) is 6. The van der Waals surface area contributed by atoms with Crippen molar-refractivity contribution in [2.45, 2.75) is 25.9 Å². The number of rotatable bonds is 9. The molecular formula is C23H27N5O2S. The van der Waals surface area contributed by atoms with E-state index in [9.17, 15) is 9.59 Å². The predicted molar refractivity (Wildman–Crippen MR) is 126 cm³/mol. The Kier molecular flexibility index (Phi) is 7.46. The van der Waals surface area contributed by atoms with Crippen LogP contribution in [0.1, 0.15) is 31.1 Å². The number of carbonyl (C=O) groups excluding carboxylic acids is 2. The highest BCUT2D eigenvalue weighted by molar-refractivity contribution is 7.99. The summed E-state index contributed by atoms with van der Waals surface area (Å²) in [6.07, 6.45) is 0. The van der Waals surface area contributed by atoms with E-state index in [-0.39, 0.29) is 17.4 Å². The van der Waals surface area contributed by atoms with E-state index in [1.807, 2.05) is 23.7 Å². The summed E-state index contributed by atoms with van der Waals surface area (Å²) in [7, 11) is 1.89. The molecule has 0 aliphatic heterocycles. The Morgan fingerprint density at radius 1 is 1.06 bits per heavy atom. The van der Waals surface area contributed by atoms with Crippen LogP contribution in [0, 0.1) is 0 Å². The second-order valence-electron chi connectivity index (χ2n) is 7.06. The topological polar surface area (TPSA) is 80.1 Å². The van der Waals surface area contributed by atoms with Crippen LogP contribution in [0.25, 0.3) is 11.4 Å². The second kappa shape index (κ2) is 10.3. The largest absolute Gasteiger partial charge is 0.372 e. The van der Waals surface area contributed by atoms with Gasteiger partial charge in [-0.05, 0) is 57.2 Å². The van der Waals surface area contributed by atoms with Gasteiger partial charge in [0.1, 0.15) is 0 Å². The quantitative estimate of drug-likeness (QED) is 0.398. The first-order valence-electron chi connectivity index (χ1n) is 10.2. The number of nitrogens with one attached hydrogen (secondary N) is 1. The number of ketones is 1. The average Bonchev–Trinajstić information content (AvgIpc) is 3.14. The Hall–Kier alpha value is -3.13. The number of Topliss-reactive ketones (excluding diaryl/α,β-unsaturated/α-hetero) is 1. The first kappa shape index (κ1) is 22.6. The smallest absolute Gasteiger partial charge is 0.234 e. The van der Waals surface area contributed by atoms with Gasteiger partial charge in [-0.25, -0.2) is 0 Å². The van der Waals surface area contributed by atoms with E-state index in [1.54, 1.807) is 24.3 Å². The Morgan fingerprint density at radius 3 is 2.42 bits per heavy atom. The predicted octanol–water partition coefficient (Wildman–Crippen LogP) is 4.26. The molecule has 1 amide bonds. The third-order valence-electron chi connectivity index (χ3n) is 4.97. The molecule has 1 aromatic heterocycles. The van der Waals surface area contributed by atoms with Gasteiger partial charge >= 0.3 is 0 Å². The molecule has 0 saturated carbocycles. The van der Waals surface area contributed by atoms with Gasteiger partial charge in [0.05, 0.1) is 5.75 Å². The fourth-order valence-electron chi connectivity index (χ4n) is 3.25. The van der Waals surface area contributed by atoms with Crippen LogP contribution in [-0.4, -0.2) is 45.3 Å². The summed E-state index contributed by atoms with van der Waals surface area (Å²) in [6.45, 7) is 7.70. The van der Waals surface area contributed by atoms with Gasteiger partial charge in [0.15, 0.2) is 16.8 Å². The van der Waals surface area contributed by atoms with Crippen molar-refractivity contribution in [3.05, 3.63) is 54.1 Å². The van der Waals surface area contributed by atoms with Gasteiger partial charge < -0.3 is 14.8 Å². The zero-order chi connectivity index (χ0) is 22.4. The maximum absolute atomic E-state index is 12.3. The fraction of sp³-hybridized carbons (Fsp3) is 0.304. The van der Waals surface area contributed by atoms with E-state index >= 15 is 0 Å². The van der Waals surface area contributed by atoms with Crippen LogP contribution >= 0.6 is 11.8 Å². The number of hydrogen-bond donors (Lipinski definition) is 1. The summed E-state index contributed by atoms with van der Waals surface area (Å²) in [6, 6.07) is 15.2. The van der Waals surface area contributed by atoms with Crippen LogP contribution in [0.2, 0.25) is 0 Å². The number of amides is 1. The molecule has 0 saturated heterocycles. The minimum Gasteiger partial charge on any atom is -0.372 e. The zero-order valence-corrected chi connectivity index (χ0v) is 19.1. The molecule has 0 aliphatic rings. The molecule has 0 fully saturated rings. The molecule has 1 heterocycles. The van der Waals surface area contributed by atoms with Crippen molar-refractivity contribution in [3.63, 3.8) is 0 Å². The van der Waals surface area contributed by atoms with E-state index < -0.39 is 0 Å². The van der Waals surface area contributed by atoms with E-state index in [0.717, 1.165) is 24.5 Å². The van der Waals surface area contributed by atoms with Crippen molar-refractivity contribution in [1.82, 2.24) is 14.8 Å². The Morgan fingerprint density at radius 2 is 1.77 bits per heavy atom. The average molecular weight is 438 g/mol. The minimum atomic E-state index is -0.168.